The van der Waals surface area contributed by atoms with E-state index in [4.69, 9.17) is 0 Å². The van der Waals surface area contributed by atoms with Gasteiger partial charge in [-0.3, -0.25) is 15.1 Å². The van der Waals surface area contributed by atoms with Gasteiger partial charge in [0.05, 0.1) is 17.9 Å². The molecule has 124 valence electrons. The molecule has 2 aromatic heterocycles. The number of hydrogen-bond acceptors (Lipinski definition) is 5. The van der Waals surface area contributed by atoms with Crippen LogP contribution in [0.15, 0.2) is 49.1 Å². The Hall–Kier alpha value is -2.67. The molecule has 1 aliphatic rings. The molecule has 2 N–H and O–H groups in total. The average molecular weight is 323 g/mol. The molecule has 1 fully saturated rings. The Balaban J connectivity index is 1.50. The molecule has 7 heteroatoms. The minimum absolute atomic E-state index is 0.0209. The van der Waals surface area contributed by atoms with Gasteiger partial charge in [0.15, 0.2) is 0 Å². The van der Waals surface area contributed by atoms with E-state index < -0.39 is 0 Å². The van der Waals surface area contributed by atoms with Crippen LogP contribution in [0.1, 0.15) is 23.9 Å². The second-order valence-electron chi connectivity index (χ2n) is 6.18. The molecular weight excluding hydrogens is 302 g/mol. The lowest BCUT2D eigenvalue weighted by Crippen LogP contribution is -2.36. The maximum Gasteiger partial charge on any atom is 0.145 e. The highest BCUT2D eigenvalue weighted by atomic mass is 15.3. The second kappa shape index (κ2) is 6.45. The first-order valence-corrected chi connectivity index (χ1v) is 8.19. The normalized spacial score (nSPS) is 18.9. The molecular formula is C17H21N7. The molecule has 24 heavy (non-hydrogen) atoms. The van der Waals surface area contributed by atoms with E-state index in [-0.39, 0.29) is 6.04 Å². The number of aromatic nitrogens is 5. The highest BCUT2D eigenvalue weighted by Gasteiger charge is 2.27. The van der Waals surface area contributed by atoms with Gasteiger partial charge in [-0.05, 0) is 12.0 Å². The Bertz CT molecular complexity index is 765. The SMILES string of the molecule is Cn1cc(N2CCC(NC(c3ccccc3)c3ncn[nH]3)C2)cn1. The van der Waals surface area contributed by atoms with Crippen LogP contribution in [0.2, 0.25) is 0 Å². The maximum atomic E-state index is 4.36. The predicted molar refractivity (Wildman–Crippen MR) is 91.6 cm³/mol. The Morgan fingerprint density at radius 2 is 2.17 bits per heavy atom. The molecule has 4 rings (SSSR count). The highest BCUT2D eigenvalue weighted by Crippen LogP contribution is 2.24. The van der Waals surface area contributed by atoms with Crippen LogP contribution < -0.4 is 10.2 Å². The summed E-state index contributed by atoms with van der Waals surface area (Å²) >= 11 is 0. The molecule has 2 unspecified atom stereocenters. The van der Waals surface area contributed by atoms with Crippen LogP contribution in [0.3, 0.4) is 0 Å². The zero-order valence-electron chi connectivity index (χ0n) is 13.6. The van der Waals surface area contributed by atoms with E-state index in [9.17, 15) is 0 Å². The van der Waals surface area contributed by atoms with Crippen molar-refractivity contribution < 1.29 is 0 Å². The van der Waals surface area contributed by atoms with Gasteiger partial charge in [0.2, 0.25) is 0 Å². The average Bonchev–Trinajstić information content (AvgIpc) is 3.35. The van der Waals surface area contributed by atoms with E-state index in [0.29, 0.717) is 6.04 Å². The topological polar surface area (TPSA) is 74.7 Å². The number of benzene rings is 1. The van der Waals surface area contributed by atoms with E-state index in [1.54, 1.807) is 6.33 Å². The molecule has 0 spiro atoms. The van der Waals surface area contributed by atoms with Crippen LogP contribution in [0, 0.1) is 0 Å². The summed E-state index contributed by atoms with van der Waals surface area (Å²) in [7, 11) is 1.95. The molecule has 0 aliphatic carbocycles. The molecule has 7 nitrogen and oxygen atoms in total. The summed E-state index contributed by atoms with van der Waals surface area (Å²) < 4.78 is 1.84. The van der Waals surface area contributed by atoms with Gasteiger partial charge < -0.3 is 4.90 Å². The highest BCUT2D eigenvalue weighted by molar-refractivity contribution is 5.44. The third kappa shape index (κ3) is 3.03. The number of anilines is 1. The molecule has 1 aliphatic heterocycles. The van der Waals surface area contributed by atoms with Crippen LogP contribution in [0.4, 0.5) is 5.69 Å². The van der Waals surface area contributed by atoms with Crippen molar-refractivity contribution in [2.24, 2.45) is 7.05 Å². The van der Waals surface area contributed by atoms with Gasteiger partial charge in [0.1, 0.15) is 12.2 Å². The summed E-state index contributed by atoms with van der Waals surface area (Å²) in [5.74, 6) is 0.848. The van der Waals surface area contributed by atoms with Crippen molar-refractivity contribution in [2.75, 3.05) is 18.0 Å². The van der Waals surface area contributed by atoms with Gasteiger partial charge in [-0.2, -0.15) is 10.2 Å². The van der Waals surface area contributed by atoms with Gasteiger partial charge in [-0.25, -0.2) is 4.98 Å². The van der Waals surface area contributed by atoms with E-state index >= 15 is 0 Å². The number of aryl methyl sites for hydroxylation is 1. The van der Waals surface area contributed by atoms with Crippen molar-refractivity contribution in [3.05, 3.63) is 60.4 Å². The van der Waals surface area contributed by atoms with E-state index in [0.717, 1.165) is 25.3 Å². The first-order valence-electron chi connectivity index (χ1n) is 8.19. The summed E-state index contributed by atoms with van der Waals surface area (Å²) in [6.45, 7) is 1.99. The van der Waals surface area contributed by atoms with E-state index in [1.165, 1.54) is 11.3 Å². The zero-order chi connectivity index (χ0) is 16.4. The summed E-state index contributed by atoms with van der Waals surface area (Å²) in [4.78, 5) is 6.73. The number of nitrogens with zero attached hydrogens (tertiary/aromatic N) is 5. The van der Waals surface area contributed by atoms with Crippen molar-refractivity contribution in [1.29, 1.82) is 0 Å². The smallest absolute Gasteiger partial charge is 0.145 e. The minimum atomic E-state index is 0.0209. The second-order valence-corrected chi connectivity index (χ2v) is 6.18. The van der Waals surface area contributed by atoms with Crippen LogP contribution >= 0.6 is 0 Å². The Morgan fingerprint density at radius 3 is 2.88 bits per heavy atom. The zero-order valence-corrected chi connectivity index (χ0v) is 13.6. The molecule has 1 saturated heterocycles. The number of nitrogens with one attached hydrogen (secondary N) is 2. The Labute approximate surface area is 140 Å². The standard InChI is InChI=1S/C17H21N7/c1-23-11-15(9-20-23)24-8-7-14(10-24)21-16(17-18-12-19-22-17)13-5-3-2-4-6-13/h2-6,9,11-12,14,16,21H,7-8,10H2,1H3,(H,18,19,22). The molecule has 0 amide bonds. The Kier molecular flexibility index (Phi) is 4.00. The van der Waals surface area contributed by atoms with Crippen molar-refractivity contribution in [1.82, 2.24) is 30.3 Å². The van der Waals surface area contributed by atoms with Crippen LogP contribution in [0.5, 0.6) is 0 Å². The number of H-pyrrole nitrogens is 1. The molecule has 0 bridgehead atoms. The lowest BCUT2D eigenvalue weighted by atomic mass is 10.0. The van der Waals surface area contributed by atoms with Crippen molar-refractivity contribution in [3.63, 3.8) is 0 Å². The van der Waals surface area contributed by atoms with E-state index in [1.807, 2.05) is 24.0 Å². The first kappa shape index (κ1) is 14.9. The van der Waals surface area contributed by atoms with Crippen LogP contribution in [-0.2, 0) is 7.05 Å². The fourth-order valence-electron chi connectivity index (χ4n) is 3.27. The van der Waals surface area contributed by atoms with Crippen molar-refractivity contribution in [3.8, 4) is 0 Å². The maximum absolute atomic E-state index is 4.36. The van der Waals surface area contributed by atoms with Gasteiger partial charge in [0, 0.05) is 32.4 Å². The van der Waals surface area contributed by atoms with Gasteiger partial charge in [0.25, 0.3) is 0 Å². The summed E-state index contributed by atoms with van der Waals surface area (Å²) in [6, 6.07) is 10.8. The Morgan fingerprint density at radius 1 is 1.29 bits per heavy atom. The molecule has 3 aromatic rings. The monoisotopic (exact) mass is 323 g/mol. The third-order valence-corrected chi connectivity index (χ3v) is 4.49. The van der Waals surface area contributed by atoms with Gasteiger partial charge >= 0.3 is 0 Å². The van der Waals surface area contributed by atoms with Crippen LogP contribution in [0.25, 0.3) is 0 Å². The van der Waals surface area contributed by atoms with Crippen molar-refractivity contribution >= 4 is 5.69 Å². The molecule has 0 radical (unpaired) electrons. The van der Waals surface area contributed by atoms with Crippen molar-refractivity contribution in [2.45, 2.75) is 18.5 Å². The van der Waals surface area contributed by atoms with Gasteiger partial charge in [-0.15, -0.1) is 0 Å². The number of rotatable bonds is 5. The lowest BCUT2D eigenvalue weighted by molar-refractivity contribution is 0.486. The number of hydrogen-bond donors (Lipinski definition) is 2. The predicted octanol–water partition coefficient (Wildman–Crippen LogP) is 1.50. The molecule has 1 aromatic carbocycles. The minimum Gasteiger partial charge on any atom is -0.367 e. The summed E-state index contributed by atoms with van der Waals surface area (Å²) in [5, 5.41) is 15.0. The fourth-order valence-corrected chi connectivity index (χ4v) is 3.27. The first-order chi connectivity index (χ1) is 11.8. The lowest BCUT2D eigenvalue weighted by Gasteiger charge is -2.22. The van der Waals surface area contributed by atoms with Gasteiger partial charge in [-0.1, -0.05) is 30.3 Å². The molecule has 0 saturated carbocycles. The fraction of sp³-hybridized carbons (Fsp3) is 0.353. The summed E-state index contributed by atoms with van der Waals surface area (Å²) in [6.07, 6.45) is 6.64. The quantitative estimate of drug-likeness (QED) is 0.744. The number of aromatic amines is 1. The largest absolute Gasteiger partial charge is 0.367 e. The molecule has 2 atom stereocenters. The third-order valence-electron chi connectivity index (χ3n) is 4.49. The van der Waals surface area contributed by atoms with E-state index in [2.05, 4.69) is 61.0 Å². The van der Waals surface area contributed by atoms with Crippen LogP contribution in [-0.4, -0.2) is 44.1 Å². The molecule has 3 heterocycles. The summed E-state index contributed by atoms with van der Waals surface area (Å²) in [5.41, 5.74) is 2.37.